The SMILES string of the molecule is CC1(C)Cc2nc(Cc3ccccc3)sc2C(N)C1. The predicted molar refractivity (Wildman–Crippen MR) is 80.4 cm³/mol. The summed E-state index contributed by atoms with van der Waals surface area (Å²) in [5.74, 6) is 0. The van der Waals surface area contributed by atoms with E-state index >= 15 is 0 Å². The highest BCUT2D eigenvalue weighted by Gasteiger charge is 2.33. The third-order valence-electron chi connectivity index (χ3n) is 3.73. The van der Waals surface area contributed by atoms with Gasteiger partial charge in [0.25, 0.3) is 0 Å². The van der Waals surface area contributed by atoms with Crippen LogP contribution in [-0.2, 0) is 12.8 Å². The van der Waals surface area contributed by atoms with Gasteiger partial charge in [-0.25, -0.2) is 4.98 Å². The molecule has 0 aliphatic heterocycles. The molecule has 0 saturated heterocycles. The lowest BCUT2D eigenvalue weighted by molar-refractivity contribution is 0.282. The van der Waals surface area contributed by atoms with Gasteiger partial charge in [0.1, 0.15) is 0 Å². The maximum Gasteiger partial charge on any atom is 0.0975 e. The van der Waals surface area contributed by atoms with Gasteiger partial charge in [0.2, 0.25) is 0 Å². The predicted octanol–water partition coefficient (Wildman–Crippen LogP) is 3.71. The topological polar surface area (TPSA) is 38.9 Å². The molecule has 1 aromatic carbocycles. The average Bonchev–Trinajstić information content (AvgIpc) is 2.71. The number of nitrogens with two attached hydrogens (primary N) is 1. The van der Waals surface area contributed by atoms with Gasteiger partial charge in [0.05, 0.1) is 10.7 Å². The van der Waals surface area contributed by atoms with Crippen molar-refractivity contribution in [1.29, 1.82) is 0 Å². The van der Waals surface area contributed by atoms with Gasteiger partial charge in [-0.3, -0.25) is 0 Å². The Balaban J connectivity index is 1.87. The van der Waals surface area contributed by atoms with Crippen molar-refractivity contribution in [3.05, 3.63) is 51.5 Å². The summed E-state index contributed by atoms with van der Waals surface area (Å²) >= 11 is 1.80. The van der Waals surface area contributed by atoms with Gasteiger partial charge in [-0.15, -0.1) is 11.3 Å². The van der Waals surface area contributed by atoms with Crippen LogP contribution in [0.2, 0.25) is 0 Å². The summed E-state index contributed by atoms with van der Waals surface area (Å²) in [4.78, 5) is 6.14. The molecule has 1 aliphatic carbocycles. The molecule has 0 amide bonds. The molecule has 0 bridgehead atoms. The molecule has 0 radical (unpaired) electrons. The van der Waals surface area contributed by atoms with E-state index in [1.165, 1.54) is 21.1 Å². The second kappa shape index (κ2) is 4.73. The lowest BCUT2D eigenvalue weighted by Gasteiger charge is -2.32. The number of rotatable bonds is 2. The normalized spacial score (nSPS) is 21.1. The summed E-state index contributed by atoms with van der Waals surface area (Å²) in [6.45, 7) is 4.57. The molecule has 2 N–H and O–H groups in total. The van der Waals surface area contributed by atoms with Crippen molar-refractivity contribution in [3.63, 3.8) is 0 Å². The molecule has 1 atom stereocenters. The Morgan fingerprint density at radius 2 is 2.05 bits per heavy atom. The molecule has 2 nitrogen and oxygen atoms in total. The molecular formula is C16H20N2S. The van der Waals surface area contributed by atoms with Crippen molar-refractivity contribution in [1.82, 2.24) is 4.98 Å². The van der Waals surface area contributed by atoms with Crippen molar-refractivity contribution in [2.45, 2.75) is 39.2 Å². The van der Waals surface area contributed by atoms with Crippen molar-refractivity contribution >= 4 is 11.3 Å². The van der Waals surface area contributed by atoms with Gasteiger partial charge < -0.3 is 5.73 Å². The van der Waals surface area contributed by atoms with Gasteiger partial charge in [0.15, 0.2) is 0 Å². The molecule has 19 heavy (non-hydrogen) atoms. The maximum atomic E-state index is 6.30. The Kier molecular flexibility index (Phi) is 3.19. The summed E-state index contributed by atoms with van der Waals surface area (Å²) in [6.07, 6.45) is 3.04. The third-order valence-corrected chi connectivity index (χ3v) is 4.95. The number of hydrogen-bond donors (Lipinski definition) is 1. The maximum absolute atomic E-state index is 6.30. The van der Waals surface area contributed by atoms with Crippen LogP contribution in [0, 0.1) is 5.41 Å². The molecule has 1 aromatic heterocycles. The molecule has 0 saturated carbocycles. The van der Waals surface area contributed by atoms with Crippen LogP contribution in [0.5, 0.6) is 0 Å². The van der Waals surface area contributed by atoms with E-state index in [2.05, 4.69) is 44.2 Å². The zero-order valence-electron chi connectivity index (χ0n) is 11.5. The summed E-state index contributed by atoms with van der Waals surface area (Å²) in [5.41, 5.74) is 9.14. The van der Waals surface area contributed by atoms with E-state index in [0.29, 0.717) is 0 Å². The van der Waals surface area contributed by atoms with Gasteiger partial charge in [-0.2, -0.15) is 0 Å². The quantitative estimate of drug-likeness (QED) is 0.905. The molecule has 3 rings (SSSR count). The van der Waals surface area contributed by atoms with Gasteiger partial charge in [-0.05, 0) is 23.8 Å². The molecule has 3 heteroatoms. The second-order valence-corrected chi connectivity index (χ2v) is 7.35. The minimum Gasteiger partial charge on any atom is -0.323 e. The van der Waals surface area contributed by atoms with Gasteiger partial charge >= 0.3 is 0 Å². The monoisotopic (exact) mass is 272 g/mol. The zero-order valence-corrected chi connectivity index (χ0v) is 12.3. The number of fused-ring (bicyclic) bond motifs is 1. The number of hydrogen-bond acceptors (Lipinski definition) is 3. The molecule has 1 heterocycles. The summed E-state index contributed by atoms with van der Waals surface area (Å²) in [5, 5.41) is 1.20. The fourth-order valence-electron chi connectivity index (χ4n) is 2.89. The highest BCUT2D eigenvalue weighted by Crippen LogP contribution is 2.42. The van der Waals surface area contributed by atoms with Crippen LogP contribution in [0.15, 0.2) is 30.3 Å². The van der Waals surface area contributed by atoms with Crippen LogP contribution in [0.1, 0.15) is 47.5 Å². The van der Waals surface area contributed by atoms with E-state index in [9.17, 15) is 0 Å². The molecular weight excluding hydrogens is 252 g/mol. The zero-order chi connectivity index (χ0) is 13.5. The van der Waals surface area contributed by atoms with Crippen LogP contribution >= 0.6 is 11.3 Å². The van der Waals surface area contributed by atoms with Crippen LogP contribution in [0.4, 0.5) is 0 Å². The number of aromatic nitrogens is 1. The minimum atomic E-state index is 0.167. The lowest BCUT2D eigenvalue weighted by atomic mass is 9.77. The highest BCUT2D eigenvalue weighted by molar-refractivity contribution is 7.11. The van der Waals surface area contributed by atoms with Crippen LogP contribution in [0.3, 0.4) is 0 Å². The van der Waals surface area contributed by atoms with E-state index < -0.39 is 0 Å². The number of benzene rings is 1. The highest BCUT2D eigenvalue weighted by atomic mass is 32.1. The van der Waals surface area contributed by atoms with Crippen molar-refractivity contribution in [2.24, 2.45) is 11.1 Å². The Bertz CT molecular complexity index is 572. The first-order valence-corrected chi connectivity index (χ1v) is 7.63. The fourth-order valence-corrected chi connectivity index (χ4v) is 4.01. The molecule has 2 aromatic rings. The van der Waals surface area contributed by atoms with Crippen LogP contribution < -0.4 is 5.73 Å². The molecule has 1 unspecified atom stereocenters. The number of thiazole rings is 1. The Morgan fingerprint density at radius 1 is 1.32 bits per heavy atom. The molecule has 0 spiro atoms. The van der Waals surface area contributed by atoms with Crippen molar-refractivity contribution in [2.75, 3.05) is 0 Å². The van der Waals surface area contributed by atoms with Crippen LogP contribution in [0.25, 0.3) is 0 Å². The molecule has 1 aliphatic rings. The fraction of sp³-hybridized carbons (Fsp3) is 0.438. The van der Waals surface area contributed by atoms with Crippen LogP contribution in [-0.4, -0.2) is 4.98 Å². The Morgan fingerprint density at radius 3 is 2.79 bits per heavy atom. The lowest BCUT2D eigenvalue weighted by Crippen LogP contribution is -2.28. The minimum absolute atomic E-state index is 0.167. The Labute approximate surface area is 118 Å². The molecule has 100 valence electrons. The van der Waals surface area contributed by atoms with Gasteiger partial charge in [-0.1, -0.05) is 44.2 Å². The third kappa shape index (κ3) is 2.72. The summed E-state index contributed by atoms with van der Waals surface area (Å²) in [7, 11) is 0. The summed E-state index contributed by atoms with van der Waals surface area (Å²) in [6, 6.07) is 10.7. The first-order valence-electron chi connectivity index (χ1n) is 6.81. The first kappa shape index (κ1) is 12.8. The van der Waals surface area contributed by atoms with E-state index in [0.717, 1.165) is 19.3 Å². The Hall–Kier alpha value is -1.19. The average molecular weight is 272 g/mol. The number of nitrogens with zero attached hydrogens (tertiary/aromatic N) is 1. The van der Waals surface area contributed by atoms with Crippen molar-refractivity contribution < 1.29 is 0 Å². The standard InChI is InChI=1S/C16H20N2S/c1-16(2)9-12(17)15-13(10-16)18-14(19-15)8-11-6-4-3-5-7-11/h3-7,12H,8-10,17H2,1-2H3. The van der Waals surface area contributed by atoms with Gasteiger partial charge in [0, 0.05) is 17.3 Å². The van der Waals surface area contributed by atoms with E-state index in [-0.39, 0.29) is 11.5 Å². The molecule has 0 fully saturated rings. The first-order chi connectivity index (χ1) is 9.03. The summed E-state index contributed by atoms with van der Waals surface area (Å²) < 4.78 is 0. The van der Waals surface area contributed by atoms with E-state index in [1.807, 2.05) is 0 Å². The van der Waals surface area contributed by atoms with E-state index in [1.54, 1.807) is 11.3 Å². The largest absolute Gasteiger partial charge is 0.323 e. The van der Waals surface area contributed by atoms with Crippen molar-refractivity contribution in [3.8, 4) is 0 Å². The smallest absolute Gasteiger partial charge is 0.0975 e. The second-order valence-electron chi connectivity index (χ2n) is 6.23. The van der Waals surface area contributed by atoms with E-state index in [4.69, 9.17) is 10.7 Å².